The van der Waals surface area contributed by atoms with Crippen LogP contribution in [0.3, 0.4) is 0 Å². The van der Waals surface area contributed by atoms with E-state index in [0.717, 1.165) is 31.2 Å². The molecular formula is C24H30ClN5O3. The summed E-state index contributed by atoms with van der Waals surface area (Å²) in [5.74, 6) is 2.20. The van der Waals surface area contributed by atoms with Gasteiger partial charge in [0, 0.05) is 42.8 Å². The molecule has 176 valence electrons. The van der Waals surface area contributed by atoms with E-state index in [1.165, 1.54) is 0 Å². The molecule has 8 nitrogen and oxygen atoms in total. The van der Waals surface area contributed by atoms with Crippen LogP contribution in [0.4, 0.5) is 0 Å². The molecule has 0 aliphatic carbocycles. The molecular weight excluding hydrogens is 442 g/mol. The first-order valence-electron chi connectivity index (χ1n) is 11.2. The van der Waals surface area contributed by atoms with Crippen molar-refractivity contribution in [2.45, 2.75) is 45.9 Å². The van der Waals surface area contributed by atoms with Gasteiger partial charge in [0.25, 0.3) is 5.91 Å². The fraction of sp³-hybridized carbons (Fsp3) is 0.458. The monoisotopic (exact) mass is 471 g/mol. The van der Waals surface area contributed by atoms with Crippen molar-refractivity contribution in [2.24, 2.45) is 0 Å². The first-order valence-corrected chi connectivity index (χ1v) is 11.5. The fourth-order valence-electron chi connectivity index (χ4n) is 3.66. The van der Waals surface area contributed by atoms with Crippen molar-refractivity contribution >= 4 is 17.5 Å². The normalized spacial score (nSPS) is 15.5. The van der Waals surface area contributed by atoms with Crippen LogP contribution in [0.15, 0.2) is 47.1 Å². The number of rotatable bonds is 6. The SMILES string of the molecule is CC(C)(C)c1cnc(CN2CCCN(C(=O)c3ccn(COc4cccc(Cl)c4)n3)CC2)o1. The molecule has 4 rings (SSSR count). The first-order chi connectivity index (χ1) is 15.8. The maximum atomic E-state index is 13.0. The third-order valence-corrected chi connectivity index (χ3v) is 5.78. The molecule has 33 heavy (non-hydrogen) atoms. The molecule has 0 atom stereocenters. The smallest absolute Gasteiger partial charge is 0.274 e. The molecule has 0 bridgehead atoms. The molecule has 0 N–H and O–H groups in total. The fourth-order valence-corrected chi connectivity index (χ4v) is 3.84. The largest absolute Gasteiger partial charge is 0.471 e. The standard InChI is InChI=1S/C24H30ClN5O3/c1-24(2,3)21-15-26-22(33-21)16-28-9-5-10-29(13-12-28)23(31)20-8-11-30(27-20)17-32-19-7-4-6-18(25)14-19/h4,6-8,11,14-15H,5,9-10,12-13,16-17H2,1-3H3. The van der Waals surface area contributed by atoms with E-state index in [0.29, 0.717) is 36.1 Å². The summed E-state index contributed by atoms with van der Waals surface area (Å²) in [7, 11) is 0. The molecule has 2 aromatic heterocycles. The summed E-state index contributed by atoms with van der Waals surface area (Å²) in [5, 5.41) is 5.00. The van der Waals surface area contributed by atoms with Crippen molar-refractivity contribution in [3.05, 3.63) is 65.1 Å². The summed E-state index contributed by atoms with van der Waals surface area (Å²) >= 11 is 5.98. The van der Waals surface area contributed by atoms with E-state index in [1.54, 1.807) is 29.1 Å². The van der Waals surface area contributed by atoms with Crippen LogP contribution in [-0.4, -0.2) is 56.7 Å². The highest BCUT2D eigenvalue weighted by Gasteiger charge is 2.24. The third kappa shape index (κ3) is 6.15. The van der Waals surface area contributed by atoms with E-state index in [4.69, 9.17) is 20.8 Å². The molecule has 0 unspecified atom stereocenters. The van der Waals surface area contributed by atoms with Crippen molar-refractivity contribution in [2.75, 3.05) is 26.2 Å². The summed E-state index contributed by atoms with van der Waals surface area (Å²) in [6.45, 7) is 10.2. The zero-order valence-corrected chi connectivity index (χ0v) is 20.1. The molecule has 1 aliphatic heterocycles. The maximum absolute atomic E-state index is 13.0. The molecule has 0 spiro atoms. The van der Waals surface area contributed by atoms with Crippen LogP contribution < -0.4 is 4.74 Å². The Morgan fingerprint density at radius 3 is 2.79 bits per heavy atom. The van der Waals surface area contributed by atoms with Crippen molar-refractivity contribution in [3.8, 4) is 5.75 Å². The average Bonchev–Trinajstić information content (AvgIpc) is 3.38. The Morgan fingerprint density at radius 1 is 1.18 bits per heavy atom. The van der Waals surface area contributed by atoms with E-state index in [1.807, 2.05) is 23.2 Å². The van der Waals surface area contributed by atoms with Crippen molar-refractivity contribution in [1.29, 1.82) is 0 Å². The zero-order chi connectivity index (χ0) is 23.4. The van der Waals surface area contributed by atoms with Gasteiger partial charge in [0.2, 0.25) is 5.89 Å². The number of hydrogen-bond donors (Lipinski definition) is 0. The Kier molecular flexibility index (Phi) is 7.05. The van der Waals surface area contributed by atoms with Crippen molar-refractivity contribution in [3.63, 3.8) is 0 Å². The summed E-state index contributed by atoms with van der Waals surface area (Å²) < 4.78 is 13.2. The Labute approximate surface area is 199 Å². The van der Waals surface area contributed by atoms with Crippen LogP contribution in [0.25, 0.3) is 0 Å². The van der Waals surface area contributed by atoms with Crippen LogP contribution in [0.1, 0.15) is 49.3 Å². The Bertz CT molecular complexity index is 1090. The predicted octanol–water partition coefficient (Wildman–Crippen LogP) is 4.21. The van der Waals surface area contributed by atoms with E-state index in [-0.39, 0.29) is 18.1 Å². The van der Waals surface area contributed by atoms with Crippen LogP contribution in [0, 0.1) is 0 Å². The van der Waals surface area contributed by atoms with Crippen molar-refractivity contribution < 1.29 is 13.9 Å². The Morgan fingerprint density at radius 2 is 2.03 bits per heavy atom. The van der Waals surface area contributed by atoms with Gasteiger partial charge in [0.05, 0.1) is 12.7 Å². The van der Waals surface area contributed by atoms with Gasteiger partial charge in [0.15, 0.2) is 12.4 Å². The number of carbonyl (C=O) groups excluding carboxylic acids is 1. The lowest BCUT2D eigenvalue weighted by Gasteiger charge is -2.20. The second-order valence-electron chi connectivity index (χ2n) is 9.26. The van der Waals surface area contributed by atoms with E-state index in [2.05, 4.69) is 35.8 Å². The van der Waals surface area contributed by atoms with E-state index >= 15 is 0 Å². The second kappa shape index (κ2) is 9.97. The molecule has 0 saturated carbocycles. The van der Waals surface area contributed by atoms with Gasteiger partial charge in [-0.1, -0.05) is 38.4 Å². The highest BCUT2D eigenvalue weighted by molar-refractivity contribution is 6.30. The summed E-state index contributed by atoms with van der Waals surface area (Å²) in [6.07, 6.45) is 4.45. The highest BCUT2D eigenvalue weighted by Crippen LogP contribution is 2.23. The Hall–Kier alpha value is -2.84. The molecule has 1 fully saturated rings. The van der Waals surface area contributed by atoms with Gasteiger partial charge in [-0.3, -0.25) is 9.69 Å². The predicted molar refractivity (Wildman–Crippen MR) is 125 cm³/mol. The van der Waals surface area contributed by atoms with Gasteiger partial charge in [-0.25, -0.2) is 9.67 Å². The molecule has 1 amide bonds. The Balaban J connectivity index is 1.30. The highest BCUT2D eigenvalue weighted by atomic mass is 35.5. The lowest BCUT2D eigenvalue weighted by molar-refractivity contribution is 0.0752. The van der Waals surface area contributed by atoms with Gasteiger partial charge in [-0.2, -0.15) is 5.10 Å². The summed E-state index contributed by atoms with van der Waals surface area (Å²) in [4.78, 5) is 21.6. The number of hydrogen-bond acceptors (Lipinski definition) is 6. The number of aromatic nitrogens is 3. The number of carbonyl (C=O) groups is 1. The minimum atomic E-state index is -0.0653. The van der Waals surface area contributed by atoms with E-state index < -0.39 is 0 Å². The van der Waals surface area contributed by atoms with Crippen LogP contribution in [0.2, 0.25) is 5.02 Å². The van der Waals surface area contributed by atoms with Crippen LogP contribution in [0.5, 0.6) is 5.75 Å². The molecule has 1 aliphatic rings. The van der Waals surface area contributed by atoms with Gasteiger partial charge < -0.3 is 14.1 Å². The molecule has 3 heterocycles. The summed E-state index contributed by atoms with van der Waals surface area (Å²) in [6, 6.07) is 8.90. The number of halogens is 1. The summed E-state index contributed by atoms with van der Waals surface area (Å²) in [5.41, 5.74) is 0.358. The molecule has 9 heteroatoms. The second-order valence-corrected chi connectivity index (χ2v) is 9.70. The molecule has 1 aromatic carbocycles. The zero-order valence-electron chi connectivity index (χ0n) is 19.3. The number of oxazole rings is 1. The number of nitrogens with zero attached hydrogens (tertiary/aromatic N) is 5. The number of benzene rings is 1. The quantitative estimate of drug-likeness (QED) is 0.536. The minimum Gasteiger partial charge on any atom is -0.471 e. The molecule has 0 radical (unpaired) electrons. The molecule has 3 aromatic rings. The van der Waals surface area contributed by atoms with E-state index in [9.17, 15) is 4.79 Å². The number of amides is 1. The van der Waals surface area contributed by atoms with Crippen molar-refractivity contribution in [1.82, 2.24) is 24.6 Å². The number of ether oxygens (including phenoxy) is 1. The average molecular weight is 472 g/mol. The lowest BCUT2D eigenvalue weighted by Crippen LogP contribution is -2.35. The first kappa shape index (κ1) is 23.3. The molecule has 1 saturated heterocycles. The third-order valence-electron chi connectivity index (χ3n) is 5.55. The minimum absolute atomic E-state index is 0.0597. The van der Waals surface area contributed by atoms with Crippen LogP contribution >= 0.6 is 11.6 Å². The van der Waals surface area contributed by atoms with Gasteiger partial charge in [0.1, 0.15) is 11.5 Å². The van der Waals surface area contributed by atoms with Crippen LogP contribution in [-0.2, 0) is 18.7 Å². The van der Waals surface area contributed by atoms with Gasteiger partial charge in [-0.15, -0.1) is 0 Å². The maximum Gasteiger partial charge on any atom is 0.274 e. The lowest BCUT2D eigenvalue weighted by atomic mass is 9.94. The van der Waals surface area contributed by atoms with Gasteiger partial charge >= 0.3 is 0 Å². The topological polar surface area (TPSA) is 76.6 Å². The van der Waals surface area contributed by atoms with Gasteiger partial charge in [-0.05, 0) is 30.7 Å².